The molecule has 230 valence electrons. The largest absolute Gasteiger partial charge is 0.591 e. The first-order valence-electron chi connectivity index (χ1n) is 13.8. The second-order valence-corrected chi connectivity index (χ2v) is 13.6. The van der Waals surface area contributed by atoms with Crippen LogP contribution in [0.25, 0.3) is 0 Å². The monoisotopic (exact) mass is 620 g/mol. The van der Waals surface area contributed by atoms with Crippen molar-refractivity contribution >= 4 is 29.2 Å². The molecule has 2 atom stereocenters. The molecule has 1 aliphatic carbocycles. The van der Waals surface area contributed by atoms with E-state index in [1.807, 2.05) is 0 Å². The van der Waals surface area contributed by atoms with E-state index in [2.05, 4.69) is 9.71 Å². The number of nitrogens with one attached hydrogen (secondary N) is 1. The van der Waals surface area contributed by atoms with E-state index >= 15 is 0 Å². The molecule has 1 N–H and O–H groups in total. The van der Waals surface area contributed by atoms with E-state index in [0.717, 1.165) is 18.2 Å². The third-order valence-corrected chi connectivity index (χ3v) is 8.40. The van der Waals surface area contributed by atoms with Crippen molar-refractivity contribution in [3.63, 3.8) is 0 Å². The van der Waals surface area contributed by atoms with E-state index in [0.29, 0.717) is 18.4 Å². The summed E-state index contributed by atoms with van der Waals surface area (Å²) in [5, 5.41) is 2.57. The van der Waals surface area contributed by atoms with Crippen LogP contribution in [-0.2, 0) is 17.5 Å². The molecule has 11 heteroatoms. The molecule has 4 rings (SSSR count). The Hall–Kier alpha value is -3.44. The van der Waals surface area contributed by atoms with E-state index in [1.54, 1.807) is 34.6 Å². The molecule has 3 aromatic rings. The maximum Gasteiger partial charge on any atom is 0.416 e. The summed E-state index contributed by atoms with van der Waals surface area (Å²) in [7, 11) is 0. The predicted molar refractivity (Wildman–Crippen MR) is 158 cm³/mol. The van der Waals surface area contributed by atoms with Crippen LogP contribution in [0.15, 0.2) is 52.9 Å². The van der Waals surface area contributed by atoms with Gasteiger partial charge in [-0.05, 0) is 124 Å². The molecular weight excluding hydrogens is 587 g/mol. The summed E-state index contributed by atoms with van der Waals surface area (Å²) < 4.78 is 92.3. The molecule has 3 aromatic carbocycles. The number of alkyl halides is 3. The van der Waals surface area contributed by atoms with Crippen molar-refractivity contribution in [2.45, 2.75) is 76.6 Å². The number of ether oxygens (including phenoxy) is 1. The number of aryl methyl sites for hydroxylation is 1. The SMILES string of the molecule is Cc1cc(F)ccc1Oc1cc(C2CC2)c(C(F)(F)F)cc1C(=O)Nc1ccc(F)c(C(C)C/C=N/[S+]([O-])C(C)(C)C)c1. The van der Waals surface area contributed by atoms with Crippen molar-refractivity contribution < 1.29 is 36.0 Å². The number of benzene rings is 3. The Morgan fingerprint density at radius 3 is 2.40 bits per heavy atom. The number of halogens is 5. The molecule has 1 amide bonds. The molecule has 2 unspecified atom stereocenters. The Bertz CT molecular complexity index is 1530. The van der Waals surface area contributed by atoms with Gasteiger partial charge in [0.1, 0.15) is 39.2 Å². The van der Waals surface area contributed by atoms with E-state index in [4.69, 9.17) is 4.74 Å². The molecule has 0 radical (unpaired) electrons. The predicted octanol–water partition coefficient (Wildman–Crippen LogP) is 9.24. The first-order chi connectivity index (χ1) is 20.0. The van der Waals surface area contributed by atoms with Gasteiger partial charge in [0.15, 0.2) is 0 Å². The number of carbonyl (C=O) groups is 1. The minimum Gasteiger partial charge on any atom is -0.591 e. The second-order valence-electron chi connectivity index (χ2n) is 11.7. The van der Waals surface area contributed by atoms with Crippen molar-refractivity contribution in [1.29, 1.82) is 0 Å². The van der Waals surface area contributed by atoms with Gasteiger partial charge in [0.2, 0.25) is 0 Å². The van der Waals surface area contributed by atoms with Gasteiger partial charge in [0.05, 0.1) is 17.3 Å². The molecule has 0 saturated heterocycles. The first-order valence-corrected chi connectivity index (χ1v) is 14.9. The Kier molecular flexibility index (Phi) is 9.56. The van der Waals surface area contributed by atoms with Crippen LogP contribution in [0.5, 0.6) is 11.5 Å². The summed E-state index contributed by atoms with van der Waals surface area (Å²) in [5.41, 5.74) is -0.478. The van der Waals surface area contributed by atoms with Gasteiger partial charge in [-0.1, -0.05) is 11.3 Å². The zero-order chi connectivity index (χ0) is 31.7. The summed E-state index contributed by atoms with van der Waals surface area (Å²) in [6, 6.07) is 9.58. The molecule has 1 saturated carbocycles. The maximum absolute atomic E-state index is 14.7. The number of hydrogen-bond donors (Lipinski definition) is 1. The fourth-order valence-electron chi connectivity index (χ4n) is 4.43. The summed E-state index contributed by atoms with van der Waals surface area (Å²) in [6.07, 6.45) is -1.82. The fraction of sp³-hybridized carbons (Fsp3) is 0.375. The van der Waals surface area contributed by atoms with Crippen molar-refractivity contribution in [1.82, 2.24) is 0 Å². The molecule has 0 bridgehead atoms. The molecule has 0 heterocycles. The van der Waals surface area contributed by atoms with Gasteiger partial charge >= 0.3 is 6.18 Å². The number of hydrogen-bond acceptors (Lipinski definition) is 4. The number of rotatable bonds is 9. The van der Waals surface area contributed by atoms with Gasteiger partial charge in [0.25, 0.3) is 5.91 Å². The van der Waals surface area contributed by atoms with Crippen LogP contribution in [-0.4, -0.2) is 21.4 Å². The zero-order valence-corrected chi connectivity index (χ0v) is 25.3. The molecule has 1 fully saturated rings. The van der Waals surface area contributed by atoms with Crippen molar-refractivity contribution in [2.24, 2.45) is 4.40 Å². The lowest BCUT2D eigenvalue weighted by atomic mass is 9.96. The lowest BCUT2D eigenvalue weighted by Crippen LogP contribution is -2.25. The Morgan fingerprint density at radius 1 is 1.09 bits per heavy atom. The molecule has 1 aliphatic rings. The highest BCUT2D eigenvalue weighted by atomic mass is 32.2. The van der Waals surface area contributed by atoms with Gasteiger partial charge in [-0.25, -0.2) is 8.78 Å². The van der Waals surface area contributed by atoms with E-state index < -0.39 is 51.3 Å². The molecule has 0 spiro atoms. The van der Waals surface area contributed by atoms with Crippen molar-refractivity contribution in [2.75, 3.05) is 5.32 Å². The highest BCUT2D eigenvalue weighted by Crippen LogP contribution is 2.48. The minimum absolute atomic E-state index is 0.0331. The first kappa shape index (κ1) is 32.5. The van der Waals surface area contributed by atoms with Crippen LogP contribution in [0.4, 0.5) is 27.6 Å². The van der Waals surface area contributed by atoms with Crippen molar-refractivity contribution in [3.8, 4) is 11.5 Å². The van der Waals surface area contributed by atoms with Gasteiger partial charge in [0, 0.05) is 5.69 Å². The van der Waals surface area contributed by atoms with E-state index in [9.17, 15) is 31.3 Å². The molecule has 5 nitrogen and oxygen atoms in total. The Morgan fingerprint density at radius 2 is 1.79 bits per heavy atom. The van der Waals surface area contributed by atoms with E-state index in [-0.39, 0.29) is 46.2 Å². The quantitative estimate of drug-likeness (QED) is 0.147. The topological polar surface area (TPSA) is 73.8 Å². The summed E-state index contributed by atoms with van der Waals surface area (Å²) in [6.45, 7) is 8.66. The van der Waals surface area contributed by atoms with Gasteiger partial charge in [-0.2, -0.15) is 13.2 Å². The smallest absolute Gasteiger partial charge is 0.416 e. The standard InChI is InChI=1S/C32H33F5N2O3S/c1-18(12-13-38-43(41)31(3,4)5)23-15-22(9-10-27(23)34)39-30(40)25-16-26(32(35,36)37)24(20-6-7-20)17-29(25)42-28-11-8-21(33)14-19(28)2/h8-11,13-18,20H,6-7,12H2,1-5H3,(H,39,40)/b38-13+. The average Bonchev–Trinajstić information content (AvgIpc) is 3.75. The van der Waals surface area contributed by atoms with Gasteiger partial charge < -0.3 is 14.6 Å². The Labute approximate surface area is 250 Å². The number of amides is 1. The molecule has 0 aromatic heterocycles. The fourth-order valence-corrected chi connectivity index (χ4v) is 4.97. The van der Waals surface area contributed by atoms with E-state index in [1.165, 1.54) is 36.5 Å². The number of anilines is 1. The lowest BCUT2D eigenvalue weighted by Gasteiger charge is -2.19. The third kappa shape index (κ3) is 8.14. The molecular formula is C32H33F5N2O3S. The van der Waals surface area contributed by atoms with Gasteiger partial charge in [-0.3, -0.25) is 4.79 Å². The summed E-state index contributed by atoms with van der Waals surface area (Å²) in [5.74, 6) is -2.59. The number of carbonyl (C=O) groups excluding carboxylic acids is 1. The van der Waals surface area contributed by atoms with Crippen LogP contribution in [0, 0.1) is 18.6 Å². The lowest BCUT2D eigenvalue weighted by molar-refractivity contribution is -0.138. The average molecular weight is 621 g/mol. The summed E-state index contributed by atoms with van der Waals surface area (Å²) >= 11 is -1.47. The van der Waals surface area contributed by atoms with Crippen LogP contribution in [0.2, 0.25) is 0 Å². The third-order valence-electron chi connectivity index (χ3n) is 7.01. The van der Waals surface area contributed by atoms with Crippen LogP contribution >= 0.6 is 0 Å². The zero-order valence-electron chi connectivity index (χ0n) is 24.4. The van der Waals surface area contributed by atoms with Crippen LogP contribution < -0.4 is 10.1 Å². The van der Waals surface area contributed by atoms with Crippen LogP contribution in [0.3, 0.4) is 0 Å². The normalized spacial score (nSPS) is 15.4. The van der Waals surface area contributed by atoms with Gasteiger partial charge in [-0.15, -0.1) is 0 Å². The number of nitrogens with zero attached hydrogens (tertiary/aromatic N) is 1. The van der Waals surface area contributed by atoms with Crippen LogP contribution in [0.1, 0.15) is 91.4 Å². The molecule has 0 aliphatic heterocycles. The summed E-state index contributed by atoms with van der Waals surface area (Å²) in [4.78, 5) is 13.5. The minimum atomic E-state index is -4.71. The molecule has 43 heavy (non-hydrogen) atoms. The Balaban J connectivity index is 1.65. The maximum atomic E-state index is 14.7. The van der Waals surface area contributed by atoms with Crippen molar-refractivity contribution in [3.05, 3.63) is 88.0 Å². The highest BCUT2D eigenvalue weighted by molar-refractivity contribution is 7.91. The second kappa shape index (κ2) is 12.7. The highest BCUT2D eigenvalue weighted by Gasteiger charge is 2.40.